The standard InChI is InChI=1S/C.Co.Li.Mn.Ni.O/q+4;+2;+1;2*+2;-2. The van der Waals surface area contributed by atoms with Crippen molar-refractivity contribution in [2.45, 2.75) is 0 Å². The Morgan fingerprint density at radius 3 is 1.00 bits per heavy atom. The van der Waals surface area contributed by atoms with Crippen molar-refractivity contribution in [2.24, 2.45) is 0 Å². The van der Waals surface area contributed by atoms with Gasteiger partial charge in [-0.1, -0.05) is 0 Å². The molecule has 0 bridgehead atoms. The van der Waals surface area contributed by atoms with Gasteiger partial charge in [0.1, 0.15) is 0 Å². The van der Waals surface area contributed by atoms with E-state index in [-0.39, 0.29) is 82.1 Å². The summed E-state index contributed by atoms with van der Waals surface area (Å²) in [5.41, 5.74) is 0. The normalized spacial score (nSPS) is 0. The average Bonchev–Trinajstić information content (AvgIpc) is 0. The van der Waals surface area contributed by atoms with E-state index in [1.807, 2.05) is 0 Å². The second-order valence-corrected chi connectivity index (χ2v) is 0. The maximum Gasteiger partial charge on any atom is 4.00 e. The molecule has 0 aliphatic carbocycles. The maximum atomic E-state index is 0. The van der Waals surface area contributed by atoms with Crippen molar-refractivity contribution >= 4 is 0 Å². The summed E-state index contributed by atoms with van der Waals surface area (Å²) in [5, 5.41) is 0. The van der Waals surface area contributed by atoms with Gasteiger partial charge in [-0.25, -0.2) is 0 Å². The fraction of sp³-hybridized carbons (Fsp3) is 0. The van der Waals surface area contributed by atoms with E-state index in [1.165, 1.54) is 0 Å². The molecule has 2 radical (unpaired) electrons. The van der Waals surface area contributed by atoms with E-state index in [4.69, 9.17) is 0 Å². The third-order valence-corrected chi connectivity index (χ3v) is 0. The summed E-state index contributed by atoms with van der Waals surface area (Å²) in [6.07, 6.45) is 0. The van der Waals surface area contributed by atoms with Crippen LogP contribution in [0.15, 0.2) is 0 Å². The quantitative estimate of drug-likeness (QED) is 0.378. The maximum absolute atomic E-state index is 0. The minimum atomic E-state index is 0. The van der Waals surface area contributed by atoms with Gasteiger partial charge in [0.2, 0.25) is 0 Å². The van der Waals surface area contributed by atoms with Gasteiger partial charge in [0.05, 0.1) is 0 Å². The van der Waals surface area contributed by atoms with Gasteiger partial charge in [0.15, 0.2) is 0 Å². The summed E-state index contributed by atoms with van der Waals surface area (Å²) < 4.78 is 0. The molecule has 0 aliphatic heterocycles. The van der Waals surface area contributed by atoms with Crippen LogP contribution < -0.4 is 18.9 Å². The Balaban J connectivity index is 0. The van der Waals surface area contributed by atoms with E-state index in [0.29, 0.717) is 0 Å². The minimum absolute atomic E-state index is 0. The predicted molar refractivity (Wildman–Crippen MR) is 3.93 cm³/mol. The van der Waals surface area contributed by atoms with Gasteiger partial charge in [-0.2, -0.15) is 0 Å². The first-order valence-corrected chi connectivity index (χ1v) is 0. The van der Waals surface area contributed by atoms with Crippen LogP contribution in [0.5, 0.6) is 0 Å². The first kappa shape index (κ1) is 93.8. The molecule has 28 valence electrons. The topological polar surface area (TPSA) is 28.5 Å². The van der Waals surface area contributed by atoms with E-state index < -0.39 is 0 Å². The molecular weight excluding hydrogens is 208 g/mol. The molecule has 0 aliphatic rings. The third kappa shape index (κ3) is 36.3. The van der Waals surface area contributed by atoms with E-state index in [0.717, 1.165) is 0 Å². The molecule has 0 aromatic rings. The molecule has 5 heteroatoms. The number of hydrogen-bond acceptors (Lipinski definition) is 0. The number of hydrogen-bond donors (Lipinski definition) is 0. The fourth-order valence-corrected chi connectivity index (χ4v) is 0. The molecule has 1 nitrogen and oxygen atoms in total. The summed E-state index contributed by atoms with van der Waals surface area (Å²) in [6, 6.07) is 0. The van der Waals surface area contributed by atoms with E-state index in [9.17, 15) is 0 Å². The fourth-order valence-electron chi connectivity index (χ4n) is 0. The average molecular weight is 208 g/mol. The van der Waals surface area contributed by atoms with Gasteiger partial charge in [-0.05, 0) is 0 Å². The van der Waals surface area contributed by atoms with Crippen molar-refractivity contribution in [1.82, 2.24) is 0 Å². The van der Waals surface area contributed by atoms with Crippen LogP contribution >= 0.6 is 0 Å². The van der Waals surface area contributed by atoms with Gasteiger partial charge in [-0.3, -0.25) is 0 Å². The van der Waals surface area contributed by atoms with E-state index >= 15 is 0 Å². The summed E-state index contributed by atoms with van der Waals surface area (Å²) in [4.78, 5) is 0. The third-order valence-electron chi connectivity index (χ3n) is 0. The zero-order chi connectivity index (χ0) is 0. The molecule has 0 saturated carbocycles. The van der Waals surface area contributed by atoms with Crippen molar-refractivity contribution in [3.8, 4) is 0 Å². The Bertz CT molecular complexity index is 15.5. The Morgan fingerprint density at radius 1 is 1.00 bits per heavy atom. The zero-order valence-electron chi connectivity index (χ0n) is 2.94. The van der Waals surface area contributed by atoms with E-state index in [2.05, 4.69) is 0 Å². The van der Waals surface area contributed by atoms with Crippen LogP contribution in [0.1, 0.15) is 0 Å². The van der Waals surface area contributed by atoms with Gasteiger partial charge in [-0.15, -0.1) is 0 Å². The van der Waals surface area contributed by atoms with Gasteiger partial charge >= 0.3 is 76.6 Å². The van der Waals surface area contributed by atoms with Gasteiger partial charge in [0, 0.05) is 0 Å². The number of rotatable bonds is 0. The van der Waals surface area contributed by atoms with Crippen molar-refractivity contribution in [3.63, 3.8) is 0 Å². The van der Waals surface area contributed by atoms with Gasteiger partial charge in [0.25, 0.3) is 0 Å². The Morgan fingerprint density at radius 2 is 1.00 bits per heavy atom. The molecule has 0 spiro atoms. The Kier molecular flexibility index (Phi) is 947. The molecule has 0 aromatic heterocycles. The molecular formula is CCoLiMnNiO+9. The molecule has 0 unspecified atom stereocenters. The van der Waals surface area contributed by atoms with Crippen molar-refractivity contribution in [3.05, 3.63) is 7.43 Å². The summed E-state index contributed by atoms with van der Waals surface area (Å²) in [6.45, 7) is 0. The van der Waals surface area contributed by atoms with Gasteiger partial charge < -0.3 is 5.48 Å². The molecule has 0 amide bonds. The summed E-state index contributed by atoms with van der Waals surface area (Å²) in [7, 11) is 0. The molecule has 0 N–H and O–H groups in total. The monoisotopic (exact) mass is 207 g/mol. The van der Waals surface area contributed by atoms with Crippen LogP contribution in [0.25, 0.3) is 0 Å². The molecule has 6 heavy (non-hydrogen) atoms. The Hall–Kier alpha value is 2.08. The van der Waals surface area contributed by atoms with Crippen molar-refractivity contribution in [2.75, 3.05) is 0 Å². The Labute approximate surface area is 81.5 Å². The molecule has 0 saturated heterocycles. The summed E-state index contributed by atoms with van der Waals surface area (Å²) in [5.74, 6) is 0. The minimum Gasteiger partial charge on any atom is -2.00 e. The summed E-state index contributed by atoms with van der Waals surface area (Å²) >= 11 is 0. The largest absolute Gasteiger partial charge is 4.00 e. The SMILES string of the molecule is [C+4].[Co+2].[Li+].[Mn+2].[Ni+2].[O-2]. The second kappa shape index (κ2) is 60.6. The second-order valence-electron chi connectivity index (χ2n) is 0. The zero-order valence-corrected chi connectivity index (χ0v) is 6.14. The van der Waals surface area contributed by atoms with Crippen LogP contribution in [0.2, 0.25) is 0 Å². The van der Waals surface area contributed by atoms with Crippen molar-refractivity contribution < 1.29 is 74.7 Å². The molecule has 0 rings (SSSR count). The molecule has 0 aromatic carbocycles. The molecule has 0 fully saturated rings. The van der Waals surface area contributed by atoms with Crippen LogP contribution in [-0.4, -0.2) is 0 Å². The first-order chi connectivity index (χ1) is 0. The van der Waals surface area contributed by atoms with E-state index in [1.54, 1.807) is 0 Å². The predicted octanol–water partition coefficient (Wildman–Crippen LogP) is -3.04. The van der Waals surface area contributed by atoms with Crippen LogP contribution in [-0.2, 0) is 55.8 Å². The van der Waals surface area contributed by atoms with Crippen LogP contribution in [0.4, 0.5) is 0 Å². The van der Waals surface area contributed by atoms with Crippen LogP contribution in [0, 0.1) is 7.43 Å². The molecule has 0 heterocycles. The van der Waals surface area contributed by atoms with Crippen molar-refractivity contribution in [1.29, 1.82) is 0 Å². The molecule has 0 atom stereocenters. The first-order valence-electron chi connectivity index (χ1n) is 0. The smallest absolute Gasteiger partial charge is 2.00 e. The van der Waals surface area contributed by atoms with Crippen LogP contribution in [0.3, 0.4) is 0 Å².